The lowest BCUT2D eigenvalue weighted by atomic mass is 9.74. The van der Waals surface area contributed by atoms with E-state index in [2.05, 4.69) is 19.2 Å². The number of hydrogen-bond acceptors (Lipinski definition) is 2. The topological polar surface area (TPSA) is 21.3 Å². The summed E-state index contributed by atoms with van der Waals surface area (Å²) in [5.74, 6) is 1.78. The Morgan fingerprint density at radius 3 is 2.31 bits per heavy atom. The van der Waals surface area contributed by atoms with Crippen molar-refractivity contribution in [1.29, 1.82) is 0 Å². The Bertz CT molecular complexity index is 217. The molecule has 2 heteroatoms. The molecule has 2 nitrogen and oxygen atoms in total. The van der Waals surface area contributed by atoms with Gasteiger partial charge in [0.15, 0.2) is 0 Å². The fraction of sp³-hybridized carbons (Fsp3) is 1.00. The zero-order valence-electron chi connectivity index (χ0n) is 11.1. The molecule has 2 aliphatic carbocycles. The molecule has 0 aromatic heterocycles. The molecule has 2 saturated carbocycles. The van der Waals surface area contributed by atoms with E-state index in [-0.39, 0.29) is 5.60 Å². The van der Waals surface area contributed by atoms with Gasteiger partial charge in [-0.2, -0.15) is 0 Å². The van der Waals surface area contributed by atoms with E-state index >= 15 is 0 Å². The van der Waals surface area contributed by atoms with Crippen molar-refractivity contribution in [3.8, 4) is 0 Å². The van der Waals surface area contributed by atoms with Crippen LogP contribution in [0.2, 0.25) is 0 Å². The number of hydrogen-bond donors (Lipinski definition) is 1. The van der Waals surface area contributed by atoms with Gasteiger partial charge in [0.1, 0.15) is 0 Å². The minimum Gasteiger partial charge on any atom is -0.377 e. The predicted molar refractivity (Wildman–Crippen MR) is 67.6 cm³/mol. The number of nitrogens with one attached hydrogen (secondary N) is 1. The average molecular weight is 225 g/mol. The van der Waals surface area contributed by atoms with Crippen molar-refractivity contribution in [2.24, 2.45) is 11.8 Å². The molecule has 94 valence electrons. The highest BCUT2D eigenvalue weighted by Crippen LogP contribution is 2.45. The molecular formula is C14H27NO. The number of methoxy groups -OCH3 is 1. The Balaban J connectivity index is 2.05. The van der Waals surface area contributed by atoms with Gasteiger partial charge >= 0.3 is 0 Å². The maximum atomic E-state index is 5.98. The van der Waals surface area contributed by atoms with Gasteiger partial charge in [0.25, 0.3) is 0 Å². The molecular weight excluding hydrogens is 198 g/mol. The van der Waals surface area contributed by atoms with Crippen LogP contribution in [-0.2, 0) is 4.74 Å². The van der Waals surface area contributed by atoms with E-state index in [0.717, 1.165) is 18.4 Å². The number of rotatable bonds is 5. The average Bonchev–Trinajstić information content (AvgIpc) is 3.12. The Labute approximate surface area is 100 Å². The summed E-state index contributed by atoms with van der Waals surface area (Å²) in [6.45, 7) is 5.66. The van der Waals surface area contributed by atoms with E-state index in [4.69, 9.17) is 4.74 Å². The van der Waals surface area contributed by atoms with Gasteiger partial charge in [-0.15, -0.1) is 0 Å². The monoisotopic (exact) mass is 225 g/mol. The number of likely N-dealkylation sites (N-methyl/N-ethyl adjacent to an activating group) is 1. The summed E-state index contributed by atoms with van der Waals surface area (Å²) in [6, 6.07) is 0.606. The summed E-state index contributed by atoms with van der Waals surface area (Å²) in [5.41, 5.74) is 0.143. The first-order valence-electron chi connectivity index (χ1n) is 7.00. The highest BCUT2D eigenvalue weighted by atomic mass is 16.5. The third-order valence-electron chi connectivity index (χ3n) is 4.61. The molecule has 0 aromatic rings. The lowest BCUT2D eigenvalue weighted by Gasteiger charge is -2.44. The van der Waals surface area contributed by atoms with Gasteiger partial charge < -0.3 is 10.1 Å². The van der Waals surface area contributed by atoms with E-state index in [1.165, 1.54) is 38.5 Å². The van der Waals surface area contributed by atoms with Gasteiger partial charge in [0.2, 0.25) is 0 Å². The molecule has 2 rings (SSSR count). The summed E-state index contributed by atoms with van der Waals surface area (Å²) in [5, 5.41) is 3.70. The van der Waals surface area contributed by atoms with Crippen LogP contribution < -0.4 is 5.32 Å². The van der Waals surface area contributed by atoms with Crippen LogP contribution in [0, 0.1) is 11.8 Å². The lowest BCUT2D eigenvalue weighted by Crippen LogP contribution is -2.55. The Morgan fingerprint density at radius 1 is 1.25 bits per heavy atom. The highest BCUT2D eigenvalue weighted by molar-refractivity contribution is 5.03. The molecule has 1 unspecified atom stereocenters. The van der Waals surface area contributed by atoms with E-state index < -0.39 is 0 Å². The smallest absolute Gasteiger partial charge is 0.0833 e. The summed E-state index contributed by atoms with van der Waals surface area (Å²) < 4.78 is 5.98. The summed E-state index contributed by atoms with van der Waals surface area (Å²) in [4.78, 5) is 0. The molecule has 0 spiro atoms. The molecule has 1 atom stereocenters. The van der Waals surface area contributed by atoms with Gasteiger partial charge in [-0.05, 0) is 56.9 Å². The third kappa shape index (κ3) is 2.43. The highest BCUT2D eigenvalue weighted by Gasteiger charge is 2.47. The summed E-state index contributed by atoms with van der Waals surface area (Å²) in [6.07, 6.45) is 7.97. The van der Waals surface area contributed by atoms with E-state index in [0.29, 0.717) is 6.04 Å². The number of ether oxygens (including phenoxy) is 1. The summed E-state index contributed by atoms with van der Waals surface area (Å²) >= 11 is 0. The predicted octanol–water partition coefficient (Wildman–Crippen LogP) is 2.97. The van der Waals surface area contributed by atoms with Crippen molar-refractivity contribution in [2.75, 3.05) is 13.7 Å². The van der Waals surface area contributed by atoms with Crippen molar-refractivity contribution in [2.45, 2.75) is 64.0 Å². The van der Waals surface area contributed by atoms with Crippen molar-refractivity contribution >= 4 is 0 Å². The van der Waals surface area contributed by atoms with Gasteiger partial charge in [-0.3, -0.25) is 0 Å². The maximum absolute atomic E-state index is 5.98. The van der Waals surface area contributed by atoms with Gasteiger partial charge in [0, 0.05) is 13.2 Å². The van der Waals surface area contributed by atoms with Crippen molar-refractivity contribution in [3.05, 3.63) is 0 Å². The summed E-state index contributed by atoms with van der Waals surface area (Å²) in [7, 11) is 1.92. The van der Waals surface area contributed by atoms with E-state index in [1.807, 2.05) is 7.11 Å². The molecule has 0 aromatic carbocycles. The molecule has 16 heavy (non-hydrogen) atoms. The minimum absolute atomic E-state index is 0.143. The largest absolute Gasteiger partial charge is 0.377 e. The van der Waals surface area contributed by atoms with Crippen LogP contribution in [0.1, 0.15) is 52.4 Å². The molecule has 0 radical (unpaired) electrons. The zero-order valence-corrected chi connectivity index (χ0v) is 11.1. The van der Waals surface area contributed by atoms with E-state index in [1.54, 1.807) is 0 Å². The van der Waals surface area contributed by atoms with Gasteiger partial charge in [0.05, 0.1) is 5.60 Å². The SMILES string of the molecule is CCNC(C1CC1)C1(OC)CCC(C)CC1. The van der Waals surface area contributed by atoms with Crippen LogP contribution in [0.5, 0.6) is 0 Å². The second kappa shape index (κ2) is 5.05. The van der Waals surface area contributed by atoms with E-state index in [9.17, 15) is 0 Å². The molecule has 2 fully saturated rings. The molecule has 0 saturated heterocycles. The van der Waals surface area contributed by atoms with Crippen LogP contribution in [0.25, 0.3) is 0 Å². The van der Waals surface area contributed by atoms with Crippen molar-refractivity contribution in [1.82, 2.24) is 5.32 Å². The molecule has 0 bridgehead atoms. The van der Waals surface area contributed by atoms with Crippen molar-refractivity contribution < 1.29 is 4.74 Å². The second-order valence-corrected chi connectivity index (χ2v) is 5.82. The first kappa shape index (κ1) is 12.4. The van der Waals surface area contributed by atoms with Crippen LogP contribution >= 0.6 is 0 Å². The van der Waals surface area contributed by atoms with Gasteiger partial charge in [-0.25, -0.2) is 0 Å². The normalized spacial score (nSPS) is 37.3. The molecule has 0 amide bonds. The lowest BCUT2D eigenvalue weighted by molar-refractivity contribution is -0.0795. The standard InChI is InChI=1S/C14H27NO/c1-4-15-13(12-5-6-12)14(16-3)9-7-11(2)8-10-14/h11-13,15H,4-10H2,1-3H3. The zero-order chi connectivity index (χ0) is 11.6. The minimum atomic E-state index is 0.143. The Morgan fingerprint density at radius 2 is 1.88 bits per heavy atom. The third-order valence-corrected chi connectivity index (χ3v) is 4.61. The van der Waals surface area contributed by atoms with Crippen molar-refractivity contribution in [3.63, 3.8) is 0 Å². The van der Waals surface area contributed by atoms with Gasteiger partial charge in [-0.1, -0.05) is 13.8 Å². The quantitative estimate of drug-likeness (QED) is 0.776. The molecule has 0 heterocycles. The van der Waals surface area contributed by atoms with Crippen LogP contribution in [0.4, 0.5) is 0 Å². The fourth-order valence-corrected chi connectivity index (χ4v) is 3.32. The first-order chi connectivity index (χ1) is 7.72. The Kier molecular flexibility index (Phi) is 3.91. The molecule has 2 aliphatic rings. The van der Waals surface area contributed by atoms with Crippen LogP contribution in [-0.4, -0.2) is 25.3 Å². The Hall–Kier alpha value is -0.0800. The van der Waals surface area contributed by atoms with Crippen LogP contribution in [0.15, 0.2) is 0 Å². The fourth-order valence-electron chi connectivity index (χ4n) is 3.32. The maximum Gasteiger partial charge on any atom is 0.0833 e. The second-order valence-electron chi connectivity index (χ2n) is 5.82. The first-order valence-corrected chi connectivity index (χ1v) is 7.00. The van der Waals surface area contributed by atoms with Crippen LogP contribution in [0.3, 0.4) is 0 Å². The molecule has 1 N–H and O–H groups in total. The molecule has 0 aliphatic heterocycles.